The molecule has 0 aliphatic carbocycles. The number of aryl methyl sites for hydroxylation is 1. The van der Waals surface area contributed by atoms with Gasteiger partial charge in [-0.15, -0.1) is 0 Å². The van der Waals surface area contributed by atoms with Gasteiger partial charge in [0.2, 0.25) is 15.9 Å². The van der Waals surface area contributed by atoms with Gasteiger partial charge in [0.05, 0.1) is 23.5 Å². The van der Waals surface area contributed by atoms with Crippen molar-refractivity contribution >= 4 is 21.6 Å². The van der Waals surface area contributed by atoms with Crippen LogP contribution in [0, 0.1) is 12.8 Å². The zero-order valence-corrected chi connectivity index (χ0v) is 12.2. The van der Waals surface area contributed by atoms with Gasteiger partial charge >= 0.3 is 0 Å². The van der Waals surface area contributed by atoms with Gasteiger partial charge in [0.15, 0.2) is 0 Å². The van der Waals surface area contributed by atoms with E-state index in [0.29, 0.717) is 18.7 Å². The predicted molar refractivity (Wildman–Crippen MR) is 74.7 cm³/mol. The minimum absolute atomic E-state index is 0.0190. The van der Waals surface area contributed by atoms with Gasteiger partial charge in [0.25, 0.3) is 0 Å². The van der Waals surface area contributed by atoms with E-state index in [-0.39, 0.29) is 22.8 Å². The highest BCUT2D eigenvalue weighted by Crippen LogP contribution is 2.23. The Balaban J connectivity index is 2.18. The first-order valence-corrected chi connectivity index (χ1v) is 7.88. The van der Waals surface area contributed by atoms with Crippen molar-refractivity contribution in [2.24, 2.45) is 11.1 Å². The van der Waals surface area contributed by atoms with E-state index in [0.717, 1.165) is 5.56 Å². The van der Waals surface area contributed by atoms with Gasteiger partial charge < -0.3 is 10.1 Å². The minimum atomic E-state index is -3.78. The first-order valence-electron chi connectivity index (χ1n) is 6.33. The lowest BCUT2D eigenvalue weighted by Gasteiger charge is -2.12. The second-order valence-corrected chi connectivity index (χ2v) is 6.65. The lowest BCUT2D eigenvalue weighted by molar-refractivity contribution is -0.119. The molecule has 110 valence electrons. The molecule has 2 atom stereocenters. The molecule has 0 aromatic heterocycles. The zero-order chi connectivity index (χ0) is 14.9. The molecule has 1 aliphatic rings. The number of carbonyl (C=O) groups is 1. The summed E-state index contributed by atoms with van der Waals surface area (Å²) in [6.07, 6.45) is 0.738. The molecule has 1 amide bonds. The molecule has 1 fully saturated rings. The van der Waals surface area contributed by atoms with Crippen LogP contribution in [0.4, 0.5) is 5.69 Å². The molecule has 20 heavy (non-hydrogen) atoms. The Morgan fingerprint density at radius 3 is 2.70 bits per heavy atom. The molecule has 6 nitrogen and oxygen atoms in total. The quantitative estimate of drug-likeness (QED) is 0.870. The summed E-state index contributed by atoms with van der Waals surface area (Å²) in [5.74, 6) is -0.369. The molecule has 0 spiro atoms. The standard InChI is InChI=1S/C13H18N2O4S/c1-8-3-4-11(20(14,17)18)6-12(8)15-13(16)10-5-9(2)19-7-10/h3-4,6,9-10H,5,7H2,1-2H3,(H,15,16)(H2,14,17,18). The van der Waals surface area contributed by atoms with Gasteiger partial charge in [-0.2, -0.15) is 0 Å². The van der Waals surface area contributed by atoms with Crippen molar-refractivity contribution in [3.05, 3.63) is 23.8 Å². The van der Waals surface area contributed by atoms with Crippen molar-refractivity contribution in [2.75, 3.05) is 11.9 Å². The van der Waals surface area contributed by atoms with Gasteiger partial charge in [-0.3, -0.25) is 4.79 Å². The SMILES string of the molecule is Cc1ccc(S(N)(=O)=O)cc1NC(=O)C1COC(C)C1. The molecule has 2 rings (SSSR count). The smallest absolute Gasteiger partial charge is 0.238 e. The largest absolute Gasteiger partial charge is 0.378 e. The first-order chi connectivity index (χ1) is 9.27. The van der Waals surface area contributed by atoms with Crippen LogP contribution in [-0.4, -0.2) is 27.0 Å². The molecule has 2 unspecified atom stereocenters. The lowest BCUT2D eigenvalue weighted by Crippen LogP contribution is -2.23. The highest BCUT2D eigenvalue weighted by molar-refractivity contribution is 7.89. The first kappa shape index (κ1) is 15.0. The van der Waals surface area contributed by atoms with Crippen molar-refractivity contribution < 1.29 is 17.9 Å². The summed E-state index contributed by atoms with van der Waals surface area (Å²) in [5.41, 5.74) is 1.23. The Morgan fingerprint density at radius 2 is 2.15 bits per heavy atom. The van der Waals surface area contributed by atoms with Crippen molar-refractivity contribution in [3.8, 4) is 0 Å². The van der Waals surface area contributed by atoms with Crippen LogP contribution in [0.15, 0.2) is 23.1 Å². The molecule has 0 bridgehead atoms. The number of carbonyl (C=O) groups excluding carboxylic acids is 1. The summed E-state index contributed by atoms with van der Waals surface area (Å²) < 4.78 is 28.0. The summed E-state index contributed by atoms with van der Waals surface area (Å²) in [7, 11) is -3.78. The van der Waals surface area contributed by atoms with Crippen LogP contribution in [0.5, 0.6) is 0 Å². The fourth-order valence-corrected chi connectivity index (χ4v) is 2.69. The Hall–Kier alpha value is -1.44. The molecular formula is C13H18N2O4S. The number of nitrogens with one attached hydrogen (secondary N) is 1. The van der Waals surface area contributed by atoms with Gasteiger partial charge in [0.1, 0.15) is 0 Å². The number of amides is 1. The third kappa shape index (κ3) is 3.36. The van der Waals surface area contributed by atoms with E-state index in [2.05, 4.69) is 5.32 Å². The van der Waals surface area contributed by atoms with E-state index in [1.807, 2.05) is 6.92 Å². The Morgan fingerprint density at radius 1 is 1.45 bits per heavy atom. The maximum Gasteiger partial charge on any atom is 0.238 e. The van der Waals surface area contributed by atoms with E-state index in [1.165, 1.54) is 12.1 Å². The number of sulfonamides is 1. The maximum atomic E-state index is 12.1. The number of ether oxygens (including phenoxy) is 1. The van der Waals surface area contributed by atoms with E-state index >= 15 is 0 Å². The van der Waals surface area contributed by atoms with E-state index in [9.17, 15) is 13.2 Å². The summed E-state index contributed by atoms with van der Waals surface area (Å²) in [4.78, 5) is 12.1. The van der Waals surface area contributed by atoms with Crippen molar-refractivity contribution in [1.29, 1.82) is 0 Å². The fourth-order valence-electron chi connectivity index (χ4n) is 2.15. The summed E-state index contributed by atoms with van der Waals surface area (Å²) in [6.45, 7) is 4.09. The van der Waals surface area contributed by atoms with Gasteiger partial charge in [0, 0.05) is 5.69 Å². The number of anilines is 1. The molecule has 0 radical (unpaired) electrons. The van der Waals surface area contributed by atoms with E-state index in [4.69, 9.17) is 9.88 Å². The third-order valence-electron chi connectivity index (χ3n) is 3.36. The molecule has 1 heterocycles. The monoisotopic (exact) mass is 298 g/mol. The number of nitrogens with two attached hydrogens (primary N) is 1. The molecular weight excluding hydrogens is 280 g/mol. The second-order valence-electron chi connectivity index (χ2n) is 5.09. The minimum Gasteiger partial charge on any atom is -0.378 e. The summed E-state index contributed by atoms with van der Waals surface area (Å²) in [5, 5.41) is 7.83. The maximum absolute atomic E-state index is 12.1. The Kier molecular flexibility index (Phi) is 4.12. The van der Waals surface area contributed by atoms with Crippen LogP contribution in [-0.2, 0) is 19.6 Å². The van der Waals surface area contributed by atoms with Crippen molar-refractivity contribution in [3.63, 3.8) is 0 Å². The molecule has 1 aromatic carbocycles. The second kappa shape index (κ2) is 5.51. The molecule has 7 heteroatoms. The lowest BCUT2D eigenvalue weighted by atomic mass is 10.1. The highest BCUT2D eigenvalue weighted by Gasteiger charge is 2.28. The fraction of sp³-hybridized carbons (Fsp3) is 0.462. The highest BCUT2D eigenvalue weighted by atomic mass is 32.2. The van der Waals surface area contributed by atoms with Crippen LogP contribution in [0.3, 0.4) is 0 Å². The number of rotatable bonds is 3. The van der Waals surface area contributed by atoms with E-state index in [1.54, 1.807) is 13.0 Å². The van der Waals surface area contributed by atoms with Crippen LogP contribution in [0.25, 0.3) is 0 Å². The number of primary sulfonamides is 1. The molecule has 1 saturated heterocycles. The Labute approximate surface area is 118 Å². The topological polar surface area (TPSA) is 98.5 Å². The molecule has 1 aromatic rings. The normalized spacial score (nSPS) is 22.8. The van der Waals surface area contributed by atoms with Crippen molar-refractivity contribution in [2.45, 2.75) is 31.3 Å². The molecule has 3 N–H and O–H groups in total. The summed E-state index contributed by atoms with van der Waals surface area (Å²) in [6, 6.07) is 4.41. The molecule has 0 saturated carbocycles. The number of hydrogen-bond donors (Lipinski definition) is 2. The molecule has 1 aliphatic heterocycles. The van der Waals surface area contributed by atoms with Gasteiger partial charge in [-0.05, 0) is 38.0 Å². The van der Waals surface area contributed by atoms with Gasteiger partial charge in [-0.25, -0.2) is 13.6 Å². The Bertz CT molecular complexity index is 627. The van der Waals surface area contributed by atoms with Crippen LogP contribution in [0.1, 0.15) is 18.9 Å². The van der Waals surface area contributed by atoms with Crippen LogP contribution < -0.4 is 10.5 Å². The zero-order valence-electron chi connectivity index (χ0n) is 11.4. The van der Waals surface area contributed by atoms with Gasteiger partial charge in [-0.1, -0.05) is 6.07 Å². The summed E-state index contributed by atoms with van der Waals surface area (Å²) >= 11 is 0. The van der Waals surface area contributed by atoms with E-state index < -0.39 is 10.0 Å². The third-order valence-corrected chi connectivity index (χ3v) is 4.28. The average Bonchev–Trinajstić information content (AvgIpc) is 2.77. The van der Waals surface area contributed by atoms with Crippen LogP contribution >= 0.6 is 0 Å². The predicted octanol–water partition coefficient (Wildman–Crippen LogP) is 1.01. The number of hydrogen-bond acceptors (Lipinski definition) is 4. The average molecular weight is 298 g/mol. The van der Waals surface area contributed by atoms with Crippen LogP contribution in [0.2, 0.25) is 0 Å². The van der Waals surface area contributed by atoms with Crippen molar-refractivity contribution in [1.82, 2.24) is 0 Å². The number of benzene rings is 1.